The van der Waals surface area contributed by atoms with Crippen LogP contribution in [0.2, 0.25) is 0 Å². The summed E-state index contributed by atoms with van der Waals surface area (Å²) in [5.41, 5.74) is 1.69. The van der Waals surface area contributed by atoms with E-state index in [1.54, 1.807) is 37.4 Å². The van der Waals surface area contributed by atoms with Gasteiger partial charge in [-0.2, -0.15) is 0 Å². The van der Waals surface area contributed by atoms with E-state index in [0.29, 0.717) is 53.8 Å². The van der Waals surface area contributed by atoms with Crippen LogP contribution in [0.4, 0.5) is 5.69 Å². The number of methoxy groups -OCH3 is 1. The van der Waals surface area contributed by atoms with Gasteiger partial charge in [0, 0.05) is 23.9 Å². The molecule has 0 unspecified atom stereocenters. The van der Waals surface area contributed by atoms with Gasteiger partial charge in [0.15, 0.2) is 11.5 Å². The number of hydrogen-bond donors (Lipinski definition) is 1. The molecule has 0 saturated heterocycles. The second kappa shape index (κ2) is 10.2. The van der Waals surface area contributed by atoms with E-state index >= 15 is 0 Å². The Hall–Kier alpha value is -3.48. The van der Waals surface area contributed by atoms with Crippen LogP contribution < -0.4 is 19.5 Å². The van der Waals surface area contributed by atoms with Crippen molar-refractivity contribution < 1.29 is 23.8 Å². The van der Waals surface area contributed by atoms with Crippen LogP contribution in [0.25, 0.3) is 5.57 Å². The number of anilines is 1. The molecule has 1 heterocycles. The number of para-hydroxylation sites is 1. The monoisotopic (exact) mass is 438 g/mol. The van der Waals surface area contributed by atoms with Gasteiger partial charge in [-0.3, -0.25) is 14.5 Å². The highest BCUT2D eigenvalue weighted by Crippen LogP contribution is 2.37. The molecule has 2 aromatic carbocycles. The maximum Gasteiger partial charge on any atom is 0.278 e. The third-order valence-corrected chi connectivity index (χ3v) is 4.90. The van der Waals surface area contributed by atoms with Gasteiger partial charge in [-0.1, -0.05) is 32.0 Å². The largest absolute Gasteiger partial charge is 0.496 e. The average molecular weight is 439 g/mol. The Morgan fingerprint density at radius 2 is 1.59 bits per heavy atom. The Kier molecular flexibility index (Phi) is 7.41. The molecule has 7 nitrogen and oxygen atoms in total. The highest BCUT2D eigenvalue weighted by Gasteiger charge is 2.40. The van der Waals surface area contributed by atoms with E-state index < -0.39 is 0 Å². The normalized spacial score (nSPS) is 13.8. The zero-order valence-electron chi connectivity index (χ0n) is 19.2. The summed E-state index contributed by atoms with van der Waals surface area (Å²) < 4.78 is 16.8. The molecule has 0 fully saturated rings. The summed E-state index contributed by atoms with van der Waals surface area (Å²) >= 11 is 0. The van der Waals surface area contributed by atoms with Crippen LogP contribution in [0, 0.1) is 5.92 Å². The fourth-order valence-corrected chi connectivity index (χ4v) is 3.60. The lowest BCUT2D eigenvalue weighted by atomic mass is 10.0. The van der Waals surface area contributed by atoms with Gasteiger partial charge in [0.05, 0.1) is 25.9 Å². The molecule has 0 bridgehead atoms. The lowest BCUT2D eigenvalue weighted by molar-refractivity contribution is -0.137. The second-order valence-corrected chi connectivity index (χ2v) is 7.72. The first-order valence-electron chi connectivity index (χ1n) is 10.8. The maximum absolute atomic E-state index is 13.3. The average Bonchev–Trinajstić information content (AvgIpc) is 2.99. The molecule has 0 spiro atoms. The molecule has 1 aliphatic rings. The van der Waals surface area contributed by atoms with Crippen LogP contribution >= 0.6 is 0 Å². The molecule has 2 amide bonds. The first-order chi connectivity index (χ1) is 15.4. The van der Waals surface area contributed by atoms with Gasteiger partial charge in [0.2, 0.25) is 0 Å². The van der Waals surface area contributed by atoms with Gasteiger partial charge in [-0.25, -0.2) is 0 Å². The van der Waals surface area contributed by atoms with E-state index in [-0.39, 0.29) is 23.4 Å². The summed E-state index contributed by atoms with van der Waals surface area (Å²) in [6, 6.07) is 12.5. The van der Waals surface area contributed by atoms with Gasteiger partial charge >= 0.3 is 0 Å². The zero-order chi connectivity index (χ0) is 23.3. The molecule has 170 valence electrons. The number of amides is 2. The zero-order valence-corrected chi connectivity index (χ0v) is 19.2. The van der Waals surface area contributed by atoms with Crippen molar-refractivity contribution in [2.24, 2.45) is 5.92 Å². The Morgan fingerprint density at radius 1 is 0.906 bits per heavy atom. The molecule has 1 N–H and O–H groups in total. The topological polar surface area (TPSA) is 77.1 Å². The van der Waals surface area contributed by atoms with E-state index in [9.17, 15) is 9.59 Å². The number of benzene rings is 2. The minimum atomic E-state index is -0.364. The van der Waals surface area contributed by atoms with Gasteiger partial charge < -0.3 is 19.5 Å². The van der Waals surface area contributed by atoms with Crippen molar-refractivity contribution in [1.29, 1.82) is 0 Å². The Labute approximate surface area is 189 Å². The van der Waals surface area contributed by atoms with Gasteiger partial charge in [0.25, 0.3) is 11.8 Å². The molecule has 0 saturated carbocycles. The van der Waals surface area contributed by atoms with Crippen molar-refractivity contribution in [2.75, 3.05) is 32.2 Å². The molecule has 7 heteroatoms. The van der Waals surface area contributed by atoms with Gasteiger partial charge in [-0.15, -0.1) is 0 Å². The number of carbonyl (C=O) groups excluding carboxylic acids is 2. The molecule has 0 radical (unpaired) electrons. The Balaban J connectivity index is 2.08. The molecule has 32 heavy (non-hydrogen) atoms. The molecule has 2 aromatic rings. The van der Waals surface area contributed by atoms with Crippen LogP contribution in [0.1, 0.15) is 33.3 Å². The molecular weight excluding hydrogens is 408 g/mol. The van der Waals surface area contributed by atoms with E-state index in [2.05, 4.69) is 5.32 Å². The van der Waals surface area contributed by atoms with E-state index in [0.717, 1.165) is 0 Å². The van der Waals surface area contributed by atoms with Crippen molar-refractivity contribution >= 4 is 23.1 Å². The minimum Gasteiger partial charge on any atom is -0.496 e. The fraction of sp³-hybridized carbons (Fsp3) is 0.360. The number of hydrogen-bond acceptors (Lipinski definition) is 6. The molecular formula is C25H30N2O5. The highest BCUT2D eigenvalue weighted by molar-refractivity contribution is 6.37. The van der Waals surface area contributed by atoms with Crippen LogP contribution in [0.3, 0.4) is 0 Å². The summed E-state index contributed by atoms with van der Waals surface area (Å²) in [6.45, 7) is 9.03. The lowest BCUT2D eigenvalue weighted by Crippen LogP contribution is -2.35. The third-order valence-electron chi connectivity index (χ3n) is 4.90. The minimum absolute atomic E-state index is 0.135. The molecule has 0 aromatic heterocycles. The summed E-state index contributed by atoms with van der Waals surface area (Å²) in [7, 11) is 1.54. The Morgan fingerprint density at radius 3 is 2.25 bits per heavy atom. The SMILES string of the molecule is CCOc1ccc(NC2=C(c3ccccc3OC)C(=O)N(CC(C)C)C2=O)cc1OCC. The van der Waals surface area contributed by atoms with E-state index in [1.165, 1.54) is 4.90 Å². The fourth-order valence-electron chi connectivity index (χ4n) is 3.60. The standard InChI is InChI=1S/C25H30N2O5/c1-6-31-20-13-12-17(14-21(20)32-7-2)26-23-22(18-10-8-9-11-19(18)30-5)24(28)27(25(23)29)15-16(3)4/h8-14,16,26H,6-7,15H2,1-5H3. The predicted octanol–water partition coefficient (Wildman–Crippen LogP) is 4.34. The van der Waals surface area contributed by atoms with Crippen molar-refractivity contribution in [3.8, 4) is 17.2 Å². The summed E-state index contributed by atoms with van der Waals surface area (Å²) in [6.07, 6.45) is 0. The molecule has 0 atom stereocenters. The van der Waals surface area contributed by atoms with Gasteiger partial charge in [-0.05, 0) is 38.0 Å². The van der Waals surface area contributed by atoms with Gasteiger partial charge in [0.1, 0.15) is 11.4 Å². The summed E-state index contributed by atoms with van der Waals surface area (Å²) in [4.78, 5) is 27.9. The number of carbonyl (C=O) groups is 2. The van der Waals surface area contributed by atoms with Crippen LogP contribution in [0.5, 0.6) is 17.2 Å². The van der Waals surface area contributed by atoms with E-state index in [4.69, 9.17) is 14.2 Å². The predicted molar refractivity (Wildman–Crippen MR) is 124 cm³/mol. The van der Waals surface area contributed by atoms with Crippen molar-refractivity contribution in [1.82, 2.24) is 4.90 Å². The number of ether oxygens (including phenoxy) is 3. The van der Waals surface area contributed by atoms with Crippen LogP contribution in [0.15, 0.2) is 48.2 Å². The summed E-state index contributed by atoms with van der Waals surface area (Å²) in [5, 5.41) is 3.17. The number of imide groups is 1. The Bertz CT molecular complexity index is 1030. The first-order valence-corrected chi connectivity index (χ1v) is 10.8. The number of nitrogens with zero attached hydrogens (tertiary/aromatic N) is 1. The van der Waals surface area contributed by atoms with Crippen LogP contribution in [-0.2, 0) is 9.59 Å². The number of rotatable bonds is 10. The lowest BCUT2D eigenvalue weighted by Gasteiger charge is -2.18. The van der Waals surface area contributed by atoms with Crippen molar-refractivity contribution in [3.63, 3.8) is 0 Å². The molecule has 3 rings (SSSR count). The smallest absolute Gasteiger partial charge is 0.278 e. The molecule has 1 aliphatic heterocycles. The quantitative estimate of drug-likeness (QED) is 0.556. The number of nitrogens with one attached hydrogen (secondary N) is 1. The second-order valence-electron chi connectivity index (χ2n) is 7.72. The van der Waals surface area contributed by atoms with E-state index in [1.807, 2.05) is 39.8 Å². The maximum atomic E-state index is 13.3. The van der Waals surface area contributed by atoms with Crippen LogP contribution in [-0.4, -0.2) is 43.6 Å². The van der Waals surface area contributed by atoms with Crippen molar-refractivity contribution in [3.05, 3.63) is 53.7 Å². The highest BCUT2D eigenvalue weighted by atomic mass is 16.5. The molecule has 0 aliphatic carbocycles. The third kappa shape index (κ3) is 4.72. The summed E-state index contributed by atoms with van der Waals surface area (Å²) in [5.74, 6) is 1.14. The first kappa shape index (κ1) is 23.2. The van der Waals surface area contributed by atoms with Crippen molar-refractivity contribution in [2.45, 2.75) is 27.7 Å².